The summed E-state index contributed by atoms with van der Waals surface area (Å²) in [5.41, 5.74) is 2.40. The molecule has 1 aromatic rings. The molecule has 0 aliphatic carbocycles. The van der Waals surface area contributed by atoms with Crippen LogP contribution < -0.4 is 0 Å². The van der Waals surface area contributed by atoms with Crippen LogP contribution >= 0.6 is 0 Å². The van der Waals surface area contributed by atoms with Crippen LogP contribution in [-0.2, 0) is 11.4 Å². The van der Waals surface area contributed by atoms with Gasteiger partial charge >= 0.3 is 0 Å². The molecule has 106 valence electrons. The molecule has 0 aliphatic heterocycles. The van der Waals surface area contributed by atoms with E-state index >= 15 is 0 Å². The zero-order valence-corrected chi connectivity index (χ0v) is 12.4. The maximum Gasteiger partial charge on any atom is 0.142 e. The monoisotopic (exact) mass is 261 g/mol. The summed E-state index contributed by atoms with van der Waals surface area (Å²) in [7, 11) is 0. The van der Waals surface area contributed by atoms with E-state index in [1.807, 2.05) is 18.2 Å². The summed E-state index contributed by atoms with van der Waals surface area (Å²) in [6.45, 7) is 5.02. The maximum atomic E-state index is 5.50. The second-order valence-corrected chi connectivity index (χ2v) is 4.98. The number of hydrogen-bond acceptors (Lipinski definition) is 2. The first-order valence-electron chi connectivity index (χ1n) is 7.58. The van der Waals surface area contributed by atoms with Crippen molar-refractivity contribution < 1.29 is 4.84 Å². The fourth-order valence-electron chi connectivity index (χ4n) is 1.95. The zero-order valence-electron chi connectivity index (χ0n) is 12.4. The van der Waals surface area contributed by atoms with Gasteiger partial charge in [0.15, 0.2) is 0 Å². The van der Waals surface area contributed by atoms with Gasteiger partial charge in [-0.2, -0.15) is 0 Å². The van der Waals surface area contributed by atoms with Gasteiger partial charge in [-0.1, -0.05) is 68.6 Å². The Balaban J connectivity index is 2.37. The van der Waals surface area contributed by atoms with Crippen molar-refractivity contribution in [3.8, 4) is 0 Å². The minimum absolute atomic E-state index is 0.574. The summed E-state index contributed by atoms with van der Waals surface area (Å²) in [6.07, 6.45) is 8.35. The van der Waals surface area contributed by atoms with Crippen molar-refractivity contribution in [2.75, 3.05) is 0 Å². The van der Waals surface area contributed by atoms with Gasteiger partial charge in [0, 0.05) is 0 Å². The third-order valence-electron chi connectivity index (χ3n) is 3.16. The molecule has 0 unspecified atom stereocenters. The van der Waals surface area contributed by atoms with E-state index in [1.165, 1.54) is 43.4 Å². The highest BCUT2D eigenvalue weighted by atomic mass is 16.6. The van der Waals surface area contributed by atoms with Gasteiger partial charge in [0.25, 0.3) is 0 Å². The summed E-state index contributed by atoms with van der Waals surface area (Å²) in [4.78, 5) is 5.50. The Morgan fingerprint density at radius 1 is 0.947 bits per heavy atom. The van der Waals surface area contributed by atoms with Crippen LogP contribution in [0.25, 0.3) is 0 Å². The lowest BCUT2D eigenvalue weighted by molar-refractivity contribution is 0.129. The molecule has 0 amide bonds. The van der Waals surface area contributed by atoms with Gasteiger partial charge in [0.2, 0.25) is 0 Å². The quantitative estimate of drug-likeness (QED) is 0.317. The van der Waals surface area contributed by atoms with Crippen molar-refractivity contribution in [3.05, 3.63) is 35.9 Å². The fourth-order valence-corrected chi connectivity index (χ4v) is 1.95. The summed E-state index contributed by atoms with van der Waals surface area (Å²) in [6, 6.07) is 10.2. The Labute approximate surface area is 117 Å². The summed E-state index contributed by atoms with van der Waals surface area (Å²) in [5, 5.41) is 4.34. The molecule has 1 rings (SSSR count). The van der Waals surface area contributed by atoms with E-state index in [9.17, 15) is 0 Å². The van der Waals surface area contributed by atoms with E-state index in [0.29, 0.717) is 6.61 Å². The standard InChI is InChI=1S/C17H27NO/c1-3-5-8-14-17(13-6-4-2)18-19-15-16-11-9-7-10-12-16/h7,9-12H,3-6,8,13-15H2,1-2H3. The van der Waals surface area contributed by atoms with E-state index in [2.05, 4.69) is 31.1 Å². The summed E-state index contributed by atoms with van der Waals surface area (Å²) in [5.74, 6) is 0. The first-order valence-corrected chi connectivity index (χ1v) is 7.58. The third kappa shape index (κ3) is 7.66. The molecule has 0 bridgehead atoms. The van der Waals surface area contributed by atoms with Gasteiger partial charge in [-0.3, -0.25) is 0 Å². The van der Waals surface area contributed by atoms with Crippen molar-refractivity contribution in [3.63, 3.8) is 0 Å². The van der Waals surface area contributed by atoms with Crippen LogP contribution in [-0.4, -0.2) is 5.71 Å². The van der Waals surface area contributed by atoms with Crippen LogP contribution in [0.1, 0.15) is 64.4 Å². The third-order valence-corrected chi connectivity index (χ3v) is 3.16. The maximum absolute atomic E-state index is 5.50. The van der Waals surface area contributed by atoms with Crippen molar-refractivity contribution in [1.82, 2.24) is 0 Å². The zero-order chi connectivity index (χ0) is 13.8. The Bertz CT molecular complexity index is 346. The molecule has 2 nitrogen and oxygen atoms in total. The predicted octanol–water partition coefficient (Wildman–Crippen LogP) is 5.33. The minimum Gasteiger partial charge on any atom is -0.391 e. The van der Waals surface area contributed by atoms with Crippen molar-refractivity contribution in [2.24, 2.45) is 5.16 Å². The Hall–Kier alpha value is -1.31. The van der Waals surface area contributed by atoms with Crippen LogP contribution in [0.15, 0.2) is 35.5 Å². The van der Waals surface area contributed by atoms with Gasteiger partial charge in [0.05, 0.1) is 5.71 Å². The SMILES string of the molecule is CCCCCC(CCCC)=NOCc1ccccc1. The average Bonchev–Trinajstić information content (AvgIpc) is 2.45. The molecular weight excluding hydrogens is 234 g/mol. The van der Waals surface area contributed by atoms with Gasteiger partial charge in [-0.15, -0.1) is 0 Å². The number of nitrogens with zero attached hydrogens (tertiary/aromatic N) is 1. The van der Waals surface area contributed by atoms with E-state index < -0.39 is 0 Å². The van der Waals surface area contributed by atoms with Crippen LogP contribution in [0.2, 0.25) is 0 Å². The number of benzene rings is 1. The number of rotatable bonds is 10. The van der Waals surface area contributed by atoms with Crippen LogP contribution in [0.3, 0.4) is 0 Å². The van der Waals surface area contributed by atoms with Crippen LogP contribution in [0.5, 0.6) is 0 Å². The molecule has 2 heteroatoms. The van der Waals surface area contributed by atoms with Gasteiger partial charge in [0.1, 0.15) is 6.61 Å². The van der Waals surface area contributed by atoms with E-state index in [0.717, 1.165) is 12.8 Å². The topological polar surface area (TPSA) is 21.6 Å². The first kappa shape index (κ1) is 15.7. The molecule has 0 heterocycles. The molecule has 0 aromatic heterocycles. The Morgan fingerprint density at radius 2 is 1.63 bits per heavy atom. The molecule has 0 saturated heterocycles. The highest BCUT2D eigenvalue weighted by molar-refractivity contribution is 5.83. The summed E-state index contributed by atoms with van der Waals surface area (Å²) < 4.78 is 0. The molecule has 0 saturated carbocycles. The molecule has 0 radical (unpaired) electrons. The van der Waals surface area contributed by atoms with Crippen molar-refractivity contribution in [1.29, 1.82) is 0 Å². The normalized spacial score (nSPS) is 11.6. The molecule has 19 heavy (non-hydrogen) atoms. The highest BCUT2D eigenvalue weighted by Crippen LogP contribution is 2.08. The largest absolute Gasteiger partial charge is 0.391 e. The smallest absolute Gasteiger partial charge is 0.142 e. The molecular formula is C17H27NO. The minimum atomic E-state index is 0.574. The van der Waals surface area contributed by atoms with Gasteiger partial charge in [-0.05, 0) is 31.2 Å². The van der Waals surface area contributed by atoms with Gasteiger partial charge in [-0.25, -0.2) is 0 Å². The fraction of sp³-hybridized carbons (Fsp3) is 0.588. The predicted molar refractivity (Wildman–Crippen MR) is 82.3 cm³/mol. The lowest BCUT2D eigenvalue weighted by Gasteiger charge is -2.06. The number of hydrogen-bond donors (Lipinski definition) is 0. The van der Waals surface area contributed by atoms with Crippen LogP contribution in [0, 0.1) is 0 Å². The second-order valence-electron chi connectivity index (χ2n) is 4.98. The summed E-state index contributed by atoms with van der Waals surface area (Å²) >= 11 is 0. The lowest BCUT2D eigenvalue weighted by Crippen LogP contribution is -2.00. The van der Waals surface area contributed by atoms with E-state index in [-0.39, 0.29) is 0 Å². The second kappa shape index (κ2) is 10.6. The highest BCUT2D eigenvalue weighted by Gasteiger charge is 2.00. The molecule has 0 fully saturated rings. The molecule has 0 spiro atoms. The number of unbranched alkanes of at least 4 members (excludes halogenated alkanes) is 3. The first-order chi connectivity index (χ1) is 9.36. The molecule has 0 N–H and O–H groups in total. The molecule has 0 atom stereocenters. The Morgan fingerprint density at radius 3 is 2.32 bits per heavy atom. The van der Waals surface area contributed by atoms with Crippen molar-refractivity contribution >= 4 is 5.71 Å². The van der Waals surface area contributed by atoms with E-state index in [1.54, 1.807) is 0 Å². The van der Waals surface area contributed by atoms with Crippen LogP contribution in [0.4, 0.5) is 0 Å². The van der Waals surface area contributed by atoms with E-state index in [4.69, 9.17) is 4.84 Å². The van der Waals surface area contributed by atoms with Gasteiger partial charge < -0.3 is 4.84 Å². The Kier molecular flexibility index (Phi) is 8.78. The number of oxime groups is 1. The molecule has 1 aromatic carbocycles. The lowest BCUT2D eigenvalue weighted by atomic mass is 10.1. The average molecular weight is 261 g/mol. The molecule has 0 aliphatic rings. The van der Waals surface area contributed by atoms with Crippen molar-refractivity contribution in [2.45, 2.75) is 65.4 Å².